The summed E-state index contributed by atoms with van der Waals surface area (Å²) in [5.74, 6) is -1.24. The van der Waals surface area contributed by atoms with E-state index in [1.54, 1.807) is 11.8 Å². The van der Waals surface area contributed by atoms with Crippen molar-refractivity contribution in [3.8, 4) is 17.2 Å². The summed E-state index contributed by atoms with van der Waals surface area (Å²) in [4.78, 5) is 18.4. The molecule has 0 fully saturated rings. The molecule has 0 spiro atoms. The number of para-hydroxylation sites is 3. The number of carbonyl (C=O) groups is 1. The smallest absolute Gasteiger partial charge is 0.346 e. The Morgan fingerprint density at radius 2 is 1.29 bits per heavy atom. The third-order valence-corrected chi connectivity index (χ3v) is 12.1. The minimum atomic E-state index is -1.24. The summed E-state index contributed by atoms with van der Waals surface area (Å²) in [5.41, 5.74) is 11.4. The van der Waals surface area contributed by atoms with Crippen LogP contribution in [0.15, 0.2) is 179 Å². The third-order valence-electron chi connectivity index (χ3n) is 11.0. The number of aromatic nitrogens is 1. The summed E-state index contributed by atoms with van der Waals surface area (Å²) in [6.07, 6.45) is 6.25. The predicted octanol–water partition coefficient (Wildman–Crippen LogP) is 14.4. The quantitative estimate of drug-likeness (QED) is 0.0755. The van der Waals surface area contributed by atoms with E-state index in [0.717, 1.165) is 68.0 Å². The van der Waals surface area contributed by atoms with E-state index < -0.39 is 5.97 Å². The van der Waals surface area contributed by atoms with Crippen LogP contribution in [-0.4, -0.2) is 15.6 Å². The average molecular weight is 787 g/mol. The van der Waals surface area contributed by atoms with Crippen molar-refractivity contribution < 1.29 is 9.90 Å². The summed E-state index contributed by atoms with van der Waals surface area (Å²) >= 11 is 1.66. The Balaban J connectivity index is 1.13. The van der Waals surface area contributed by atoms with Gasteiger partial charge in [0.05, 0.1) is 11.4 Å². The molecule has 2 heterocycles. The van der Waals surface area contributed by atoms with Crippen molar-refractivity contribution in [2.24, 2.45) is 0 Å². The van der Waals surface area contributed by atoms with Gasteiger partial charge >= 0.3 is 5.97 Å². The van der Waals surface area contributed by atoms with Gasteiger partial charge in [0.15, 0.2) is 0 Å². The molecule has 59 heavy (non-hydrogen) atoms. The number of rotatable bonds is 12. The lowest BCUT2D eigenvalue weighted by Crippen LogP contribution is -2.15. The van der Waals surface area contributed by atoms with Gasteiger partial charge in [0.2, 0.25) is 0 Å². The summed E-state index contributed by atoms with van der Waals surface area (Å²) in [6, 6.07) is 59.4. The fraction of sp³-hybridized carbons (Fsp3) is 0.115. The molecule has 1 aliphatic heterocycles. The first kappa shape index (κ1) is 37.6. The third kappa shape index (κ3) is 7.36. The van der Waals surface area contributed by atoms with Crippen molar-refractivity contribution in [3.63, 3.8) is 0 Å². The maximum Gasteiger partial charge on any atom is 0.346 e. The van der Waals surface area contributed by atoms with Gasteiger partial charge in [-0.15, -0.1) is 0 Å². The number of benzene rings is 7. The lowest BCUT2D eigenvalue weighted by Gasteiger charge is -2.33. The van der Waals surface area contributed by atoms with Crippen LogP contribution in [0.2, 0.25) is 0 Å². The number of fused-ring (bicyclic) bond motifs is 5. The second-order valence-electron chi connectivity index (χ2n) is 14.8. The zero-order chi connectivity index (χ0) is 40.3. The first-order valence-corrected chi connectivity index (χ1v) is 20.9. The minimum Gasteiger partial charge on any atom is -0.477 e. The zero-order valence-corrected chi connectivity index (χ0v) is 33.6. The van der Waals surface area contributed by atoms with Crippen LogP contribution < -0.4 is 9.80 Å². The molecule has 0 unspecified atom stereocenters. The van der Waals surface area contributed by atoms with E-state index >= 15 is 0 Å². The largest absolute Gasteiger partial charge is 0.477 e. The maximum absolute atomic E-state index is 11.8. The summed E-state index contributed by atoms with van der Waals surface area (Å²) < 4.78 is 2.47. The number of anilines is 6. The number of unbranched alkanes of at least 4 members (excludes halogenated alkanes) is 3. The summed E-state index contributed by atoms with van der Waals surface area (Å²) in [6.45, 7) is 3.23. The highest BCUT2D eigenvalue weighted by Gasteiger charge is 2.27. The van der Waals surface area contributed by atoms with Gasteiger partial charge < -0.3 is 19.5 Å². The normalized spacial score (nSPS) is 12.3. The van der Waals surface area contributed by atoms with Crippen LogP contribution >= 0.6 is 11.8 Å². The van der Waals surface area contributed by atoms with E-state index in [4.69, 9.17) is 0 Å². The molecule has 0 amide bonds. The minimum absolute atomic E-state index is 0.302. The summed E-state index contributed by atoms with van der Waals surface area (Å²) in [5, 5.41) is 21.6. The fourth-order valence-corrected chi connectivity index (χ4v) is 9.35. The molecule has 0 aliphatic carbocycles. The molecular weight excluding hydrogens is 745 g/mol. The number of hydrogen-bond donors (Lipinski definition) is 1. The van der Waals surface area contributed by atoms with Crippen molar-refractivity contribution in [2.45, 2.75) is 48.9 Å². The second kappa shape index (κ2) is 16.5. The molecule has 1 aliphatic rings. The van der Waals surface area contributed by atoms with Gasteiger partial charge in [-0.25, -0.2) is 4.79 Å². The Bertz CT molecular complexity index is 2860. The predicted molar refractivity (Wildman–Crippen MR) is 244 cm³/mol. The molecule has 0 radical (unpaired) electrons. The van der Waals surface area contributed by atoms with Crippen molar-refractivity contribution in [1.82, 2.24) is 4.57 Å². The Kier molecular flexibility index (Phi) is 10.5. The van der Waals surface area contributed by atoms with Crippen LogP contribution in [0, 0.1) is 11.3 Å². The topological polar surface area (TPSA) is 72.5 Å². The Morgan fingerprint density at radius 1 is 0.661 bits per heavy atom. The maximum atomic E-state index is 11.8. The molecule has 1 N–H and O–H groups in total. The number of hydrogen-bond acceptors (Lipinski definition) is 5. The average Bonchev–Trinajstić information content (AvgIpc) is 3.59. The Hall–Kier alpha value is -7.01. The van der Waals surface area contributed by atoms with Crippen LogP contribution in [0.3, 0.4) is 0 Å². The molecule has 8 aromatic rings. The number of aryl methyl sites for hydroxylation is 1. The molecule has 9 rings (SSSR count). The van der Waals surface area contributed by atoms with E-state index in [0.29, 0.717) is 5.56 Å². The molecule has 0 atom stereocenters. The van der Waals surface area contributed by atoms with Crippen LogP contribution in [-0.2, 0) is 11.3 Å². The van der Waals surface area contributed by atoms with Crippen molar-refractivity contribution in [3.05, 3.63) is 175 Å². The van der Waals surface area contributed by atoms with Crippen molar-refractivity contribution >= 4 is 79.7 Å². The fourth-order valence-electron chi connectivity index (χ4n) is 8.20. The zero-order valence-electron chi connectivity index (χ0n) is 32.8. The van der Waals surface area contributed by atoms with Crippen LogP contribution in [0.5, 0.6) is 0 Å². The van der Waals surface area contributed by atoms with E-state index in [1.165, 1.54) is 47.1 Å². The number of carboxylic acid groups (broad SMARTS) is 1. The van der Waals surface area contributed by atoms with E-state index in [1.807, 2.05) is 36.4 Å². The number of carboxylic acids is 1. The SMILES string of the molecule is CCCCCCn1c2ccccc2c2cc(N3c4ccc(/C=C(/C#N)C(=O)O)cc4Sc4cc(-c5ccc(N(c6ccccc6)c6ccccc6)cc5)ccc43)ccc21. The van der Waals surface area contributed by atoms with Crippen molar-refractivity contribution in [1.29, 1.82) is 5.26 Å². The first-order valence-electron chi connectivity index (χ1n) is 20.1. The van der Waals surface area contributed by atoms with Gasteiger partial charge in [-0.1, -0.05) is 117 Å². The Morgan fingerprint density at radius 3 is 1.98 bits per heavy atom. The number of aliphatic carboxylic acids is 1. The van der Waals surface area contributed by atoms with Gasteiger partial charge in [-0.2, -0.15) is 5.26 Å². The second-order valence-corrected chi connectivity index (χ2v) is 15.9. The molecule has 0 bridgehead atoms. The number of nitrogens with zero attached hydrogens (tertiary/aromatic N) is 4. The van der Waals surface area contributed by atoms with Gasteiger partial charge in [0.25, 0.3) is 0 Å². The van der Waals surface area contributed by atoms with Crippen LogP contribution in [0.1, 0.15) is 38.2 Å². The van der Waals surface area contributed by atoms with E-state index in [2.05, 4.69) is 155 Å². The van der Waals surface area contributed by atoms with Gasteiger partial charge in [0, 0.05) is 60.9 Å². The highest BCUT2D eigenvalue weighted by atomic mass is 32.2. The highest BCUT2D eigenvalue weighted by Crippen LogP contribution is 2.53. The molecular formula is C52H42N4O2S. The first-order chi connectivity index (χ1) is 29.0. The molecule has 288 valence electrons. The lowest BCUT2D eigenvalue weighted by atomic mass is 10.0. The van der Waals surface area contributed by atoms with Crippen molar-refractivity contribution in [2.75, 3.05) is 9.80 Å². The Labute approximate surface area is 348 Å². The lowest BCUT2D eigenvalue weighted by molar-refractivity contribution is -0.132. The molecule has 6 nitrogen and oxygen atoms in total. The number of nitriles is 1. The standard InChI is InChI=1S/C52H42N4O2S/c1-2-3-4-13-30-54-46-19-12-11-18-44(46)45-34-43(26-29-47(45)54)56-48-27-20-36(31-39(35-53)52(57)58)32-50(48)59-51-33-38(23-28-49(51)56)37-21-24-42(25-22-37)55(40-14-7-5-8-15-40)41-16-9-6-10-17-41/h5-12,14-29,31-34H,2-4,13,30H2,1H3,(H,57,58)/b39-31-. The molecule has 7 aromatic carbocycles. The highest BCUT2D eigenvalue weighted by molar-refractivity contribution is 7.99. The summed E-state index contributed by atoms with van der Waals surface area (Å²) in [7, 11) is 0. The molecule has 0 saturated heterocycles. The van der Waals surface area contributed by atoms with Gasteiger partial charge in [-0.05, 0) is 114 Å². The molecule has 7 heteroatoms. The van der Waals surface area contributed by atoms with Crippen LogP contribution in [0.4, 0.5) is 34.1 Å². The molecule has 0 saturated carbocycles. The monoisotopic (exact) mass is 786 g/mol. The van der Waals surface area contributed by atoms with E-state index in [9.17, 15) is 15.2 Å². The molecule has 1 aromatic heterocycles. The van der Waals surface area contributed by atoms with Gasteiger partial charge in [0.1, 0.15) is 11.6 Å². The van der Waals surface area contributed by atoms with E-state index in [-0.39, 0.29) is 5.57 Å². The van der Waals surface area contributed by atoms with Crippen LogP contribution in [0.25, 0.3) is 39.0 Å². The van der Waals surface area contributed by atoms with Gasteiger partial charge in [-0.3, -0.25) is 0 Å².